The summed E-state index contributed by atoms with van der Waals surface area (Å²) in [4.78, 5) is 2.35. The van der Waals surface area contributed by atoms with E-state index < -0.39 is 0 Å². The van der Waals surface area contributed by atoms with Crippen LogP contribution in [-0.2, 0) is 4.74 Å². The van der Waals surface area contributed by atoms with Crippen molar-refractivity contribution in [1.82, 2.24) is 0 Å². The third kappa shape index (κ3) is 2.65. The van der Waals surface area contributed by atoms with E-state index in [4.69, 9.17) is 4.74 Å². The third-order valence-electron chi connectivity index (χ3n) is 3.69. The highest BCUT2D eigenvalue weighted by atomic mass is 16.5. The maximum absolute atomic E-state index is 9.21. The van der Waals surface area contributed by atoms with Crippen molar-refractivity contribution in [2.45, 2.75) is 19.8 Å². The van der Waals surface area contributed by atoms with E-state index in [9.17, 15) is 5.26 Å². The minimum Gasteiger partial charge on any atom is -0.384 e. The second kappa shape index (κ2) is 5.88. The average Bonchev–Trinajstić information content (AvgIpc) is 2.40. The van der Waals surface area contributed by atoms with Gasteiger partial charge in [0.25, 0.3) is 0 Å². The minimum absolute atomic E-state index is 0.667. The quantitative estimate of drug-likeness (QED) is 0.820. The van der Waals surface area contributed by atoms with Crippen molar-refractivity contribution < 1.29 is 4.74 Å². The van der Waals surface area contributed by atoms with Crippen LogP contribution in [0.3, 0.4) is 0 Å². The standard InChI is InChI=1S/C15H20N2O/c1-12-4-3-5-14(10-16)15(12)17-8-6-13(7-9-17)11-18-2/h3-5,13H,6-9,11H2,1-2H3. The molecule has 1 aliphatic rings. The van der Waals surface area contributed by atoms with Crippen molar-refractivity contribution in [1.29, 1.82) is 5.26 Å². The molecular formula is C15H20N2O. The molecule has 1 aliphatic heterocycles. The van der Waals surface area contributed by atoms with Crippen LogP contribution in [0.4, 0.5) is 5.69 Å². The number of hydrogen-bond donors (Lipinski definition) is 0. The molecule has 2 rings (SSSR count). The summed E-state index contributed by atoms with van der Waals surface area (Å²) in [6, 6.07) is 8.24. The largest absolute Gasteiger partial charge is 0.384 e. The van der Waals surface area contributed by atoms with E-state index in [0.29, 0.717) is 5.92 Å². The number of benzene rings is 1. The Kier molecular flexibility index (Phi) is 4.22. The minimum atomic E-state index is 0.667. The molecule has 1 saturated heterocycles. The Labute approximate surface area is 109 Å². The predicted octanol–water partition coefficient (Wildman–Crippen LogP) is 2.73. The van der Waals surface area contributed by atoms with Crippen molar-refractivity contribution in [2.24, 2.45) is 5.92 Å². The van der Waals surface area contributed by atoms with Gasteiger partial charge >= 0.3 is 0 Å². The number of methoxy groups -OCH3 is 1. The Bertz CT molecular complexity index is 442. The lowest BCUT2D eigenvalue weighted by Crippen LogP contribution is -2.35. The topological polar surface area (TPSA) is 36.3 Å². The van der Waals surface area contributed by atoms with Gasteiger partial charge in [0.2, 0.25) is 0 Å². The van der Waals surface area contributed by atoms with Gasteiger partial charge in [0.05, 0.1) is 11.3 Å². The zero-order valence-electron chi connectivity index (χ0n) is 11.1. The number of ether oxygens (including phenoxy) is 1. The number of anilines is 1. The molecule has 0 unspecified atom stereocenters. The van der Waals surface area contributed by atoms with Gasteiger partial charge in [0.15, 0.2) is 0 Å². The normalized spacial score (nSPS) is 16.6. The highest BCUT2D eigenvalue weighted by molar-refractivity contribution is 5.64. The van der Waals surface area contributed by atoms with Crippen LogP contribution < -0.4 is 4.90 Å². The van der Waals surface area contributed by atoms with Gasteiger partial charge in [-0.25, -0.2) is 0 Å². The maximum Gasteiger partial charge on any atom is 0.101 e. The maximum atomic E-state index is 9.21. The Morgan fingerprint density at radius 2 is 2.11 bits per heavy atom. The van der Waals surface area contributed by atoms with Gasteiger partial charge in [-0.3, -0.25) is 0 Å². The Balaban J connectivity index is 2.13. The number of aryl methyl sites for hydroxylation is 1. The predicted molar refractivity (Wildman–Crippen MR) is 72.7 cm³/mol. The van der Waals surface area contributed by atoms with E-state index in [1.54, 1.807) is 7.11 Å². The summed E-state index contributed by atoms with van der Waals surface area (Å²) in [5.41, 5.74) is 3.11. The lowest BCUT2D eigenvalue weighted by molar-refractivity contribution is 0.139. The monoisotopic (exact) mass is 244 g/mol. The molecule has 0 aliphatic carbocycles. The molecule has 0 atom stereocenters. The van der Waals surface area contributed by atoms with Crippen LogP contribution >= 0.6 is 0 Å². The first-order valence-electron chi connectivity index (χ1n) is 6.50. The van der Waals surface area contributed by atoms with E-state index in [1.807, 2.05) is 12.1 Å². The Morgan fingerprint density at radius 3 is 2.72 bits per heavy atom. The summed E-state index contributed by atoms with van der Waals surface area (Å²) in [7, 11) is 1.77. The molecule has 18 heavy (non-hydrogen) atoms. The molecule has 1 aromatic carbocycles. The molecule has 1 aromatic rings. The highest BCUT2D eigenvalue weighted by Gasteiger charge is 2.21. The first-order chi connectivity index (χ1) is 8.76. The van der Waals surface area contributed by atoms with Crippen LogP contribution in [0, 0.1) is 24.2 Å². The third-order valence-corrected chi connectivity index (χ3v) is 3.69. The smallest absolute Gasteiger partial charge is 0.101 e. The molecule has 0 spiro atoms. The van der Waals surface area contributed by atoms with Crippen LogP contribution in [0.2, 0.25) is 0 Å². The number of para-hydroxylation sites is 1. The van der Waals surface area contributed by atoms with Crippen molar-refractivity contribution in [3.05, 3.63) is 29.3 Å². The molecule has 0 saturated carbocycles. The summed E-state index contributed by atoms with van der Waals surface area (Å²) in [6.45, 7) is 4.98. The number of nitrogens with zero attached hydrogens (tertiary/aromatic N) is 2. The molecule has 0 N–H and O–H groups in total. The van der Waals surface area contributed by atoms with Crippen LogP contribution in [0.5, 0.6) is 0 Å². The van der Waals surface area contributed by atoms with Gasteiger partial charge in [0, 0.05) is 26.8 Å². The van der Waals surface area contributed by atoms with Gasteiger partial charge in [-0.1, -0.05) is 12.1 Å². The van der Waals surface area contributed by atoms with E-state index in [2.05, 4.69) is 24.0 Å². The second-order valence-electron chi connectivity index (χ2n) is 4.97. The second-order valence-corrected chi connectivity index (χ2v) is 4.97. The summed E-state index contributed by atoms with van der Waals surface area (Å²) in [5.74, 6) is 0.667. The van der Waals surface area contributed by atoms with E-state index in [1.165, 1.54) is 5.56 Å². The summed E-state index contributed by atoms with van der Waals surface area (Å²) < 4.78 is 5.22. The molecule has 0 bridgehead atoms. The number of piperidine rings is 1. The van der Waals surface area contributed by atoms with Crippen LogP contribution in [-0.4, -0.2) is 26.8 Å². The van der Waals surface area contributed by atoms with Gasteiger partial charge in [0.1, 0.15) is 6.07 Å². The highest BCUT2D eigenvalue weighted by Crippen LogP contribution is 2.29. The number of hydrogen-bond acceptors (Lipinski definition) is 3. The van der Waals surface area contributed by atoms with Gasteiger partial charge < -0.3 is 9.64 Å². The Morgan fingerprint density at radius 1 is 1.39 bits per heavy atom. The summed E-state index contributed by atoms with van der Waals surface area (Å²) >= 11 is 0. The zero-order valence-corrected chi connectivity index (χ0v) is 11.1. The van der Waals surface area contributed by atoms with Crippen molar-refractivity contribution in [2.75, 3.05) is 31.7 Å². The SMILES string of the molecule is COCC1CCN(c2c(C)cccc2C#N)CC1. The lowest BCUT2D eigenvalue weighted by atomic mass is 9.96. The Hall–Kier alpha value is -1.53. The summed E-state index contributed by atoms with van der Waals surface area (Å²) in [5, 5.41) is 9.21. The fourth-order valence-electron chi connectivity index (χ4n) is 2.73. The fraction of sp³-hybridized carbons (Fsp3) is 0.533. The molecular weight excluding hydrogens is 224 g/mol. The van der Waals surface area contributed by atoms with Crippen LogP contribution in [0.15, 0.2) is 18.2 Å². The average molecular weight is 244 g/mol. The molecule has 96 valence electrons. The van der Waals surface area contributed by atoms with E-state index >= 15 is 0 Å². The molecule has 0 aromatic heterocycles. The van der Waals surface area contributed by atoms with Gasteiger partial charge in [-0.05, 0) is 37.3 Å². The van der Waals surface area contributed by atoms with Crippen LogP contribution in [0.25, 0.3) is 0 Å². The molecule has 1 fully saturated rings. The molecule has 0 radical (unpaired) electrons. The van der Waals surface area contributed by atoms with Gasteiger partial charge in [-0.15, -0.1) is 0 Å². The summed E-state index contributed by atoms with van der Waals surface area (Å²) in [6.07, 6.45) is 2.29. The molecule has 3 heteroatoms. The van der Waals surface area contributed by atoms with Crippen molar-refractivity contribution in [3.8, 4) is 6.07 Å². The first-order valence-corrected chi connectivity index (χ1v) is 6.50. The number of rotatable bonds is 3. The van der Waals surface area contributed by atoms with Crippen molar-refractivity contribution >= 4 is 5.69 Å². The van der Waals surface area contributed by atoms with E-state index in [-0.39, 0.29) is 0 Å². The molecule has 0 amide bonds. The fourth-order valence-corrected chi connectivity index (χ4v) is 2.73. The van der Waals surface area contributed by atoms with E-state index in [0.717, 1.165) is 43.8 Å². The zero-order chi connectivity index (χ0) is 13.0. The lowest BCUT2D eigenvalue weighted by Gasteiger charge is -2.34. The van der Waals surface area contributed by atoms with Gasteiger partial charge in [-0.2, -0.15) is 5.26 Å². The molecule has 1 heterocycles. The molecule has 3 nitrogen and oxygen atoms in total. The van der Waals surface area contributed by atoms with Crippen LogP contribution in [0.1, 0.15) is 24.0 Å². The van der Waals surface area contributed by atoms with Crippen molar-refractivity contribution in [3.63, 3.8) is 0 Å². The first kappa shape index (κ1) is 12.9. The number of nitriles is 1.